The molecule has 1 atom stereocenters. The van der Waals surface area contributed by atoms with Crippen LogP contribution in [-0.2, 0) is 9.53 Å². The molecule has 4 heteroatoms. The van der Waals surface area contributed by atoms with Crippen molar-refractivity contribution in [3.8, 4) is 5.75 Å². The molecular weight excluding hydrogens is 254 g/mol. The van der Waals surface area contributed by atoms with Gasteiger partial charge in [0.25, 0.3) is 5.91 Å². The number of carbonyl (C=O) groups excluding carboxylic acids is 1. The first-order valence-corrected chi connectivity index (χ1v) is 7.00. The van der Waals surface area contributed by atoms with Crippen molar-refractivity contribution in [2.45, 2.75) is 39.7 Å². The number of nitrogens with one attached hydrogen (secondary N) is 1. The Bertz CT molecular complexity index is 428. The van der Waals surface area contributed by atoms with Crippen LogP contribution in [0.1, 0.15) is 34.1 Å². The molecule has 0 spiro atoms. The fourth-order valence-corrected chi connectivity index (χ4v) is 2.11. The van der Waals surface area contributed by atoms with Gasteiger partial charge >= 0.3 is 0 Å². The van der Waals surface area contributed by atoms with Crippen LogP contribution in [0.3, 0.4) is 0 Å². The van der Waals surface area contributed by atoms with Crippen LogP contribution < -0.4 is 10.1 Å². The van der Waals surface area contributed by atoms with E-state index in [2.05, 4.69) is 19.2 Å². The first-order valence-electron chi connectivity index (χ1n) is 7.00. The molecule has 112 valence electrons. The van der Waals surface area contributed by atoms with E-state index in [1.807, 2.05) is 38.1 Å². The van der Waals surface area contributed by atoms with Crippen LogP contribution in [0.2, 0.25) is 0 Å². The molecule has 1 N–H and O–H groups in total. The highest BCUT2D eigenvalue weighted by Crippen LogP contribution is 2.23. The van der Waals surface area contributed by atoms with Gasteiger partial charge < -0.3 is 14.8 Å². The van der Waals surface area contributed by atoms with Gasteiger partial charge in [-0.3, -0.25) is 4.79 Å². The van der Waals surface area contributed by atoms with E-state index in [0.29, 0.717) is 18.9 Å². The summed E-state index contributed by atoms with van der Waals surface area (Å²) in [5.74, 6) is 1.05. The summed E-state index contributed by atoms with van der Waals surface area (Å²) in [4.78, 5) is 12.3. The van der Waals surface area contributed by atoms with E-state index in [4.69, 9.17) is 9.47 Å². The zero-order chi connectivity index (χ0) is 15.2. The monoisotopic (exact) mass is 279 g/mol. The lowest BCUT2D eigenvalue weighted by Crippen LogP contribution is -2.43. The zero-order valence-electron chi connectivity index (χ0n) is 13.0. The van der Waals surface area contributed by atoms with Gasteiger partial charge in [-0.1, -0.05) is 13.8 Å². The minimum absolute atomic E-state index is 0.127. The molecule has 0 saturated carbocycles. The van der Waals surface area contributed by atoms with Crippen LogP contribution >= 0.6 is 0 Å². The molecule has 0 bridgehead atoms. The fraction of sp³-hybridized carbons (Fsp3) is 0.562. The second-order valence-electron chi connectivity index (χ2n) is 5.44. The van der Waals surface area contributed by atoms with E-state index in [1.54, 1.807) is 7.11 Å². The Balaban J connectivity index is 2.73. The van der Waals surface area contributed by atoms with Gasteiger partial charge in [0.15, 0.2) is 0 Å². The standard InChI is InChI=1S/C16H25NO3/c1-6-20-14-9-7-13(8-10-14)17-15(18)16(4,19-5)11-12(2)3/h7-10,12H,6,11H2,1-5H3,(H,17,18)/t16-/m1/s1. The van der Waals surface area contributed by atoms with E-state index in [-0.39, 0.29) is 5.91 Å². The van der Waals surface area contributed by atoms with Gasteiger partial charge in [-0.15, -0.1) is 0 Å². The molecule has 1 rings (SSSR count). The Hall–Kier alpha value is -1.55. The van der Waals surface area contributed by atoms with Gasteiger partial charge in [-0.05, 0) is 50.5 Å². The molecule has 0 aliphatic heterocycles. The van der Waals surface area contributed by atoms with Crippen LogP contribution in [0.5, 0.6) is 5.75 Å². The van der Waals surface area contributed by atoms with E-state index in [9.17, 15) is 4.79 Å². The Labute approximate surface area is 121 Å². The third-order valence-corrected chi connectivity index (χ3v) is 3.15. The van der Waals surface area contributed by atoms with Crippen molar-refractivity contribution in [2.75, 3.05) is 19.0 Å². The normalized spacial score (nSPS) is 13.9. The third-order valence-electron chi connectivity index (χ3n) is 3.15. The number of anilines is 1. The first kappa shape index (κ1) is 16.5. The Morgan fingerprint density at radius 1 is 1.30 bits per heavy atom. The molecule has 0 aromatic heterocycles. The molecule has 0 radical (unpaired) electrons. The molecule has 1 amide bonds. The van der Waals surface area contributed by atoms with Gasteiger partial charge in [0.05, 0.1) is 6.61 Å². The molecule has 1 aromatic rings. The van der Waals surface area contributed by atoms with Crippen LogP contribution in [-0.4, -0.2) is 25.2 Å². The second kappa shape index (κ2) is 7.29. The summed E-state index contributed by atoms with van der Waals surface area (Å²) < 4.78 is 10.8. The van der Waals surface area contributed by atoms with Gasteiger partial charge in [-0.25, -0.2) is 0 Å². The maximum absolute atomic E-state index is 12.3. The summed E-state index contributed by atoms with van der Waals surface area (Å²) in [6.07, 6.45) is 0.673. The highest BCUT2D eigenvalue weighted by molar-refractivity contribution is 5.97. The van der Waals surface area contributed by atoms with E-state index in [1.165, 1.54) is 0 Å². The lowest BCUT2D eigenvalue weighted by molar-refractivity contribution is -0.137. The number of benzene rings is 1. The van der Waals surface area contributed by atoms with Crippen LogP contribution in [0.15, 0.2) is 24.3 Å². The van der Waals surface area contributed by atoms with Crippen LogP contribution in [0.25, 0.3) is 0 Å². The maximum atomic E-state index is 12.3. The average molecular weight is 279 g/mol. The third kappa shape index (κ3) is 4.53. The molecule has 0 fully saturated rings. The summed E-state index contributed by atoms with van der Waals surface area (Å²) in [6, 6.07) is 7.33. The van der Waals surface area contributed by atoms with Crippen molar-refractivity contribution < 1.29 is 14.3 Å². The fourth-order valence-electron chi connectivity index (χ4n) is 2.11. The van der Waals surface area contributed by atoms with Crippen molar-refractivity contribution in [2.24, 2.45) is 5.92 Å². The molecular formula is C16H25NO3. The molecule has 0 aliphatic carbocycles. The number of ether oxygens (including phenoxy) is 2. The summed E-state index contributed by atoms with van der Waals surface area (Å²) >= 11 is 0. The second-order valence-corrected chi connectivity index (χ2v) is 5.44. The minimum atomic E-state index is -0.813. The number of hydrogen-bond acceptors (Lipinski definition) is 3. The number of carbonyl (C=O) groups is 1. The number of rotatable bonds is 7. The SMILES string of the molecule is CCOc1ccc(NC(=O)[C@@](C)(CC(C)C)OC)cc1. The summed E-state index contributed by atoms with van der Waals surface area (Å²) in [5.41, 5.74) is -0.0716. The van der Waals surface area contributed by atoms with Crippen LogP contribution in [0.4, 0.5) is 5.69 Å². The van der Waals surface area contributed by atoms with Crippen molar-refractivity contribution in [3.05, 3.63) is 24.3 Å². The molecule has 0 heterocycles. The first-order chi connectivity index (χ1) is 9.41. The molecule has 0 unspecified atom stereocenters. The Kier molecular flexibility index (Phi) is 6.02. The van der Waals surface area contributed by atoms with Gasteiger partial charge in [0.1, 0.15) is 11.4 Å². The topological polar surface area (TPSA) is 47.6 Å². The number of amides is 1. The minimum Gasteiger partial charge on any atom is -0.494 e. The molecule has 0 aliphatic rings. The number of hydrogen-bond donors (Lipinski definition) is 1. The zero-order valence-corrected chi connectivity index (χ0v) is 13.0. The largest absolute Gasteiger partial charge is 0.494 e. The predicted octanol–water partition coefficient (Wildman–Crippen LogP) is 3.48. The lowest BCUT2D eigenvalue weighted by atomic mass is 9.93. The van der Waals surface area contributed by atoms with Crippen molar-refractivity contribution in [1.82, 2.24) is 0 Å². The predicted molar refractivity (Wildman–Crippen MR) is 81.1 cm³/mol. The highest BCUT2D eigenvalue weighted by Gasteiger charge is 2.33. The van der Waals surface area contributed by atoms with Gasteiger partial charge in [0.2, 0.25) is 0 Å². The molecule has 1 aromatic carbocycles. The molecule has 0 saturated heterocycles. The van der Waals surface area contributed by atoms with Gasteiger partial charge in [-0.2, -0.15) is 0 Å². The van der Waals surface area contributed by atoms with Crippen molar-refractivity contribution in [1.29, 1.82) is 0 Å². The van der Waals surface area contributed by atoms with Crippen molar-refractivity contribution in [3.63, 3.8) is 0 Å². The van der Waals surface area contributed by atoms with Crippen LogP contribution in [0, 0.1) is 5.92 Å². The summed E-state index contributed by atoms with van der Waals surface area (Å²) in [6.45, 7) is 8.52. The lowest BCUT2D eigenvalue weighted by Gasteiger charge is -2.28. The molecule has 20 heavy (non-hydrogen) atoms. The quantitative estimate of drug-likeness (QED) is 0.831. The maximum Gasteiger partial charge on any atom is 0.256 e. The van der Waals surface area contributed by atoms with E-state index < -0.39 is 5.60 Å². The highest BCUT2D eigenvalue weighted by atomic mass is 16.5. The molecule has 4 nitrogen and oxygen atoms in total. The summed E-state index contributed by atoms with van der Waals surface area (Å²) in [7, 11) is 1.57. The number of methoxy groups -OCH3 is 1. The van der Waals surface area contributed by atoms with Crippen molar-refractivity contribution >= 4 is 11.6 Å². The average Bonchev–Trinajstić information content (AvgIpc) is 2.40. The Morgan fingerprint density at radius 3 is 2.35 bits per heavy atom. The smallest absolute Gasteiger partial charge is 0.256 e. The van der Waals surface area contributed by atoms with Gasteiger partial charge in [0, 0.05) is 12.8 Å². The van der Waals surface area contributed by atoms with E-state index >= 15 is 0 Å². The Morgan fingerprint density at radius 2 is 1.90 bits per heavy atom. The van der Waals surface area contributed by atoms with E-state index in [0.717, 1.165) is 11.4 Å². The summed E-state index contributed by atoms with van der Waals surface area (Å²) in [5, 5.41) is 2.89.